The van der Waals surface area contributed by atoms with Crippen molar-refractivity contribution in [2.24, 2.45) is 0 Å². The van der Waals surface area contributed by atoms with Crippen LogP contribution in [0, 0.1) is 0 Å². The van der Waals surface area contributed by atoms with Crippen LogP contribution in [0.3, 0.4) is 0 Å². The van der Waals surface area contributed by atoms with E-state index in [1.807, 2.05) is 42.5 Å². The molecule has 0 bridgehead atoms. The van der Waals surface area contributed by atoms with Gasteiger partial charge in [0.25, 0.3) is 0 Å². The maximum atomic E-state index is 10.4. The van der Waals surface area contributed by atoms with E-state index in [0.29, 0.717) is 13.0 Å². The van der Waals surface area contributed by atoms with E-state index >= 15 is 0 Å². The van der Waals surface area contributed by atoms with E-state index in [-0.39, 0.29) is 6.42 Å². The van der Waals surface area contributed by atoms with E-state index < -0.39 is 5.97 Å². The molecule has 1 N–H and O–H groups in total. The fourth-order valence-corrected chi connectivity index (χ4v) is 1.96. The number of benzene rings is 2. The number of ether oxygens (including phenoxy) is 1. The van der Waals surface area contributed by atoms with Crippen LogP contribution >= 0.6 is 0 Å². The Morgan fingerprint density at radius 1 is 0.950 bits per heavy atom. The first-order valence-corrected chi connectivity index (χ1v) is 6.76. The molecule has 0 saturated heterocycles. The molecule has 0 heterocycles. The van der Waals surface area contributed by atoms with Gasteiger partial charge >= 0.3 is 5.97 Å². The Labute approximate surface area is 118 Å². The minimum Gasteiger partial charge on any atom is -0.494 e. The zero-order valence-corrected chi connectivity index (χ0v) is 11.3. The molecule has 2 aromatic carbocycles. The normalized spacial score (nSPS) is 10.2. The number of rotatable bonds is 7. The van der Waals surface area contributed by atoms with Gasteiger partial charge < -0.3 is 9.84 Å². The van der Waals surface area contributed by atoms with Crippen molar-refractivity contribution in [2.45, 2.75) is 19.3 Å². The van der Waals surface area contributed by atoms with Gasteiger partial charge in [0.1, 0.15) is 5.75 Å². The molecule has 3 nitrogen and oxygen atoms in total. The zero-order valence-electron chi connectivity index (χ0n) is 11.3. The first-order valence-electron chi connectivity index (χ1n) is 6.76. The predicted molar refractivity (Wildman–Crippen MR) is 78.9 cm³/mol. The maximum Gasteiger partial charge on any atom is 0.303 e. The average molecular weight is 270 g/mol. The molecule has 0 aliphatic carbocycles. The Bertz CT molecular complexity index is 549. The van der Waals surface area contributed by atoms with Crippen molar-refractivity contribution in [3.8, 4) is 16.9 Å². The van der Waals surface area contributed by atoms with Crippen molar-refractivity contribution in [2.75, 3.05) is 6.61 Å². The minimum absolute atomic E-state index is 0.202. The molecule has 0 amide bonds. The molecule has 2 aromatic rings. The quantitative estimate of drug-likeness (QED) is 0.774. The largest absolute Gasteiger partial charge is 0.494 e. The summed E-state index contributed by atoms with van der Waals surface area (Å²) >= 11 is 0. The topological polar surface area (TPSA) is 46.5 Å². The van der Waals surface area contributed by atoms with E-state index in [2.05, 4.69) is 12.1 Å². The Morgan fingerprint density at radius 3 is 2.45 bits per heavy atom. The maximum absolute atomic E-state index is 10.4. The molecule has 0 aliphatic heterocycles. The molecule has 0 spiro atoms. The summed E-state index contributed by atoms with van der Waals surface area (Å²) in [6.45, 7) is 0.547. The van der Waals surface area contributed by atoms with Crippen LogP contribution < -0.4 is 4.74 Å². The summed E-state index contributed by atoms with van der Waals surface area (Å²) in [7, 11) is 0. The first kappa shape index (κ1) is 14.1. The van der Waals surface area contributed by atoms with Gasteiger partial charge in [-0.1, -0.05) is 42.5 Å². The van der Waals surface area contributed by atoms with Gasteiger partial charge in [-0.2, -0.15) is 0 Å². The summed E-state index contributed by atoms with van der Waals surface area (Å²) in [5.74, 6) is 0.0674. The lowest BCUT2D eigenvalue weighted by Gasteiger charge is -2.08. The average Bonchev–Trinajstić information content (AvgIpc) is 2.48. The van der Waals surface area contributed by atoms with E-state index in [1.165, 1.54) is 0 Å². The summed E-state index contributed by atoms with van der Waals surface area (Å²) in [6.07, 6.45) is 1.60. The molecule has 0 aromatic heterocycles. The van der Waals surface area contributed by atoms with Gasteiger partial charge in [0.05, 0.1) is 6.61 Å². The van der Waals surface area contributed by atoms with E-state index in [9.17, 15) is 4.79 Å². The number of aliphatic carboxylic acids is 1. The molecule has 3 heteroatoms. The minimum atomic E-state index is -0.754. The van der Waals surface area contributed by atoms with Gasteiger partial charge in [0, 0.05) is 6.42 Å². The lowest BCUT2D eigenvalue weighted by atomic mass is 10.1. The molecule has 0 fully saturated rings. The SMILES string of the molecule is O=C(O)CCCCOc1cccc(-c2ccccc2)c1. The summed E-state index contributed by atoms with van der Waals surface area (Å²) in [6, 6.07) is 18.1. The first-order chi connectivity index (χ1) is 9.75. The van der Waals surface area contributed by atoms with Crippen molar-refractivity contribution in [3.05, 3.63) is 54.6 Å². The molecule has 20 heavy (non-hydrogen) atoms. The van der Waals surface area contributed by atoms with E-state index in [4.69, 9.17) is 9.84 Å². The van der Waals surface area contributed by atoms with Crippen LogP contribution in [-0.4, -0.2) is 17.7 Å². The molecule has 104 valence electrons. The Kier molecular flexibility index (Phi) is 5.18. The zero-order chi connectivity index (χ0) is 14.2. The molecule has 0 aliphatic rings. The molecule has 2 rings (SSSR count). The number of carboxylic acids is 1. The number of hydrogen-bond acceptors (Lipinski definition) is 2. The highest BCUT2D eigenvalue weighted by atomic mass is 16.5. The second kappa shape index (κ2) is 7.34. The number of carboxylic acid groups (broad SMARTS) is 1. The fourth-order valence-electron chi connectivity index (χ4n) is 1.96. The Balaban J connectivity index is 1.89. The highest BCUT2D eigenvalue weighted by molar-refractivity contribution is 5.66. The highest BCUT2D eigenvalue weighted by Gasteiger charge is 2.00. The van der Waals surface area contributed by atoms with Gasteiger partial charge in [0.2, 0.25) is 0 Å². The molecule has 0 saturated carbocycles. The number of hydrogen-bond donors (Lipinski definition) is 1. The lowest BCUT2D eigenvalue weighted by molar-refractivity contribution is -0.137. The summed E-state index contributed by atoms with van der Waals surface area (Å²) in [5.41, 5.74) is 2.28. The van der Waals surface area contributed by atoms with Crippen molar-refractivity contribution in [1.29, 1.82) is 0 Å². The van der Waals surface area contributed by atoms with Crippen molar-refractivity contribution >= 4 is 5.97 Å². The van der Waals surface area contributed by atoms with Crippen LogP contribution in [0.4, 0.5) is 0 Å². The molecule has 0 unspecified atom stereocenters. The monoisotopic (exact) mass is 270 g/mol. The summed E-state index contributed by atoms with van der Waals surface area (Å²) in [5, 5.41) is 8.55. The third kappa shape index (κ3) is 4.43. The van der Waals surface area contributed by atoms with Gasteiger partial charge in [-0.3, -0.25) is 4.79 Å². The van der Waals surface area contributed by atoms with Crippen LogP contribution in [0.2, 0.25) is 0 Å². The third-order valence-electron chi connectivity index (χ3n) is 2.99. The van der Waals surface area contributed by atoms with Crippen LogP contribution in [0.5, 0.6) is 5.75 Å². The Hall–Kier alpha value is -2.29. The predicted octanol–water partition coefficient (Wildman–Crippen LogP) is 3.99. The number of unbranched alkanes of at least 4 members (excludes halogenated alkanes) is 1. The fraction of sp³-hybridized carbons (Fsp3) is 0.235. The molecule has 0 atom stereocenters. The Morgan fingerprint density at radius 2 is 1.70 bits per heavy atom. The van der Waals surface area contributed by atoms with Crippen LogP contribution in [0.15, 0.2) is 54.6 Å². The standard InChI is InChI=1S/C17H18O3/c18-17(19)11-4-5-12-20-16-10-6-9-15(13-16)14-7-2-1-3-8-14/h1-3,6-10,13H,4-5,11-12H2,(H,18,19). The second-order valence-corrected chi connectivity index (χ2v) is 4.59. The lowest BCUT2D eigenvalue weighted by Crippen LogP contribution is -2.00. The summed E-state index contributed by atoms with van der Waals surface area (Å²) in [4.78, 5) is 10.4. The van der Waals surface area contributed by atoms with Crippen LogP contribution in [0.25, 0.3) is 11.1 Å². The highest BCUT2D eigenvalue weighted by Crippen LogP contribution is 2.23. The van der Waals surface area contributed by atoms with E-state index in [0.717, 1.165) is 23.3 Å². The smallest absolute Gasteiger partial charge is 0.303 e. The number of carbonyl (C=O) groups is 1. The third-order valence-corrected chi connectivity index (χ3v) is 2.99. The van der Waals surface area contributed by atoms with Crippen LogP contribution in [-0.2, 0) is 4.79 Å². The van der Waals surface area contributed by atoms with Gasteiger partial charge in [-0.05, 0) is 36.1 Å². The van der Waals surface area contributed by atoms with Crippen molar-refractivity contribution in [1.82, 2.24) is 0 Å². The van der Waals surface area contributed by atoms with Gasteiger partial charge in [-0.15, -0.1) is 0 Å². The molecule has 0 radical (unpaired) electrons. The van der Waals surface area contributed by atoms with E-state index in [1.54, 1.807) is 0 Å². The second-order valence-electron chi connectivity index (χ2n) is 4.59. The molecular weight excluding hydrogens is 252 g/mol. The van der Waals surface area contributed by atoms with Gasteiger partial charge in [0.15, 0.2) is 0 Å². The van der Waals surface area contributed by atoms with Crippen molar-refractivity contribution in [3.63, 3.8) is 0 Å². The summed E-state index contributed by atoms with van der Waals surface area (Å²) < 4.78 is 5.66. The van der Waals surface area contributed by atoms with Crippen LogP contribution in [0.1, 0.15) is 19.3 Å². The van der Waals surface area contributed by atoms with Crippen molar-refractivity contribution < 1.29 is 14.6 Å². The molecular formula is C17H18O3. The van der Waals surface area contributed by atoms with Gasteiger partial charge in [-0.25, -0.2) is 0 Å².